The molecule has 3 amide bonds. The smallest absolute Gasteiger partial charge is 0.321 e. The van der Waals surface area contributed by atoms with Gasteiger partial charge in [0.2, 0.25) is 0 Å². The molecule has 2 rings (SSSR count). The van der Waals surface area contributed by atoms with Gasteiger partial charge in [0.1, 0.15) is 0 Å². The zero-order valence-electron chi connectivity index (χ0n) is 10.6. The molecule has 0 radical (unpaired) electrons. The molecule has 1 heterocycles. The first kappa shape index (κ1) is 12.4. The largest absolute Gasteiger partial charge is 0.350 e. The highest BCUT2D eigenvalue weighted by Gasteiger charge is 2.21. The van der Waals surface area contributed by atoms with Gasteiger partial charge in [-0.25, -0.2) is 4.79 Å². The summed E-state index contributed by atoms with van der Waals surface area (Å²) < 4.78 is 0. The summed E-state index contributed by atoms with van der Waals surface area (Å²) in [7, 11) is 0. The Balaban J connectivity index is 2.10. The van der Waals surface area contributed by atoms with Gasteiger partial charge in [0.05, 0.1) is 0 Å². The van der Waals surface area contributed by atoms with Crippen LogP contribution in [0.15, 0.2) is 24.3 Å². The van der Waals surface area contributed by atoms with Gasteiger partial charge < -0.3 is 10.6 Å². The molecule has 1 fully saturated rings. The number of hydrogen-bond donors (Lipinski definition) is 2. The Morgan fingerprint density at radius 1 is 1.33 bits per heavy atom. The lowest BCUT2D eigenvalue weighted by Gasteiger charge is -2.14. The van der Waals surface area contributed by atoms with E-state index >= 15 is 0 Å². The third-order valence-electron chi connectivity index (χ3n) is 2.72. The van der Waals surface area contributed by atoms with Gasteiger partial charge in [-0.05, 0) is 38.1 Å². The molecular formula is C13H17N3O2. The quantitative estimate of drug-likeness (QED) is 0.847. The van der Waals surface area contributed by atoms with Crippen LogP contribution in [-0.4, -0.2) is 31.1 Å². The number of carbonyl (C=O) groups excluding carboxylic acids is 2. The molecule has 0 aliphatic carbocycles. The number of hydrogen-bond acceptors (Lipinski definition) is 2. The Bertz CT molecular complexity index is 454. The SMILES string of the molecule is CC(C)NC(=O)c1ccc(N2CCNC2=O)cc1. The molecule has 0 spiro atoms. The van der Waals surface area contributed by atoms with Crippen LogP contribution in [0.4, 0.5) is 10.5 Å². The van der Waals surface area contributed by atoms with E-state index in [-0.39, 0.29) is 18.0 Å². The Labute approximate surface area is 106 Å². The Kier molecular flexibility index (Phi) is 3.50. The Morgan fingerprint density at radius 2 is 2.00 bits per heavy atom. The topological polar surface area (TPSA) is 61.4 Å². The second-order valence-electron chi connectivity index (χ2n) is 4.56. The fraction of sp³-hybridized carbons (Fsp3) is 0.385. The third kappa shape index (κ3) is 2.61. The van der Waals surface area contributed by atoms with Crippen LogP contribution in [0.2, 0.25) is 0 Å². The van der Waals surface area contributed by atoms with Crippen LogP contribution in [0.5, 0.6) is 0 Å². The highest BCUT2D eigenvalue weighted by atomic mass is 16.2. The Morgan fingerprint density at radius 3 is 2.50 bits per heavy atom. The molecule has 96 valence electrons. The van der Waals surface area contributed by atoms with Gasteiger partial charge in [-0.1, -0.05) is 0 Å². The summed E-state index contributed by atoms with van der Waals surface area (Å²) in [5.41, 5.74) is 1.41. The number of carbonyl (C=O) groups is 2. The molecule has 1 aromatic rings. The summed E-state index contributed by atoms with van der Waals surface area (Å²) in [4.78, 5) is 24.9. The summed E-state index contributed by atoms with van der Waals surface area (Å²) in [6.45, 7) is 5.16. The molecule has 0 atom stereocenters. The molecule has 5 nitrogen and oxygen atoms in total. The molecule has 1 saturated heterocycles. The zero-order valence-corrected chi connectivity index (χ0v) is 10.6. The molecule has 0 aromatic heterocycles. The summed E-state index contributed by atoms with van der Waals surface area (Å²) in [6, 6.07) is 7.08. The minimum atomic E-state index is -0.0950. The second kappa shape index (κ2) is 5.08. The molecule has 0 unspecified atom stereocenters. The molecule has 2 N–H and O–H groups in total. The minimum Gasteiger partial charge on any atom is -0.350 e. The van der Waals surface area contributed by atoms with Gasteiger partial charge in [0.15, 0.2) is 0 Å². The molecule has 0 saturated carbocycles. The molecular weight excluding hydrogens is 230 g/mol. The minimum absolute atomic E-state index is 0.0885. The number of rotatable bonds is 3. The summed E-state index contributed by atoms with van der Waals surface area (Å²) in [5, 5.41) is 5.56. The molecule has 1 aliphatic heterocycles. The van der Waals surface area contributed by atoms with Gasteiger partial charge in [-0.15, -0.1) is 0 Å². The molecule has 0 bridgehead atoms. The third-order valence-corrected chi connectivity index (χ3v) is 2.72. The van der Waals surface area contributed by atoms with Crippen LogP contribution in [0.3, 0.4) is 0 Å². The van der Waals surface area contributed by atoms with E-state index in [9.17, 15) is 9.59 Å². The van der Waals surface area contributed by atoms with E-state index in [1.54, 1.807) is 29.2 Å². The van der Waals surface area contributed by atoms with Gasteiger partial charge in [0.25, 0.3) is 5.91 Å². The van der Waals surface area contributed by atoms with Crippen molar-refractivity contribution in [3.63, 3.8) is 0 Å². The summed E-state index contributed by atoms with van der Waals surface area (Å²) >= 11 is 0. The number of nitrogens with one attached hydrogen (secondary N) is 2. The van der Waals surface area contributed by atoms with E-state index < -0.39 is 0 Å². The first-order valence-electron chi connectivity index (χ1n) is 6.04. The molecule has 5 heteroatoms. The maximum Gasteiger partial charge on any atom is 0.321 e. The van der Waals surface area contributed by atoms with Crippen molar-refractivity contribution in [1.29, 1.82) is 0 Å². The van der Waals surface area contributed by atoms with Crippen molar-refractivity contribution >= 4 is 17.6 Å². The van der Waals surface area contributed by atoms with Crippen LogP contribution >= 0.6 is 0 Å². The van der Waals surface area contributed by atoms with Crippen molar-refractivity contribution in [3.8, 4) is 0 Å². The number of urea groups is 1. The zero-order chi connectivity index (χ0) is 13.1. The maximum absolute atomic E-state index is 11.7. The lowest BCUT2D eigenvalue weighted by Crippen LogP contribution is -2.30. The fourth-order valence-electron chi connectivity index (χ4n) is 1.86. The molecule has 1 aliphatic rings. The Hall–Kier alpha value is -2.04. The second-order valence-corrected chi connectivity index (χ2v) is 4.56. The van der Waals surface area contributed by atoms with Crippen molar-refractivity contribution in [2.24, 2.45) is 0 Å². The van der Waals surface area contributed by atoms with Crippen LogP contribution in [0.1, 0.15) is 24.2 Å². The number of nitrogens with zero attached hydrogens (tertiary/aromatic N) is 1. The van der Waals surface area contributed by atoms with Crippen molar-refractivity contribution in [2.75, 3.05) is 18.0 Å². The number of anilines is 1. The number of benzene rings is 1. The highest BCUT2D eigenvalue weighted by molar-refractivity contribution is 5.97. The first-order valence-corrected chi connectivity index (χ1v) is 6.04. The average molecular weight is 247 g/mol. The van der Waals surface area contributed by atoms with E-state index in [1.165, 1.54) is 0 Å². The summed E-state index contributed by atoms with van der Waals surface area (Å²) in [5.74, 6) is -0.0950. The number of amides is 3. The molecule has 18 heavy (non-hydrogen) atoms. The van der Waals surface area contributed by atoms with E-state index in [4.69, 9.17) is 0 Å². The van der Waals surface area contributed by atoms with Crippen molar-refractivity contribution in [2.45, 2.75) is 19.9 Å². The van der Waals surface area contributed by atoms with E-state index in [0.29, 0.717) is 18.7 Å². The monoisotopic (exact) mass is 247 g/mol. The van der Waals surface area contributed by atoms with E-state index in [2.05, 4.69) is 10.6 Å². The average Bonchev–Trinajstić information content (AvgIpc) is 2.75. The van der Waals surface area contributed by atoms with E-state index in [1.807, 2.05) is 13.8 Å². The summed E-state index contributed by atoms with van der Waals surface area (Å²) in [6.07, 6.45) is 0. The normalized spacial score (nSPS) is 14.8. The fourth-order valence-corrected chi connectivity index (χ4v) is 1.86. The van der Waals surface area contributed by atoms with Crippen LogP contribution in [0, 0.1) is 0 Å². The molecule has 1 aromatic carbocycles. The predicted molar refractivity (Wildman–Crippen MR) is 69.8 cm³/mol. The van der Waals surface area contributed by atoms with Crippen molar-refractivity contribution < 1.29 is 9.59 Å². The lowest BCUT2D eigenvalue weighted by molar-refractivity contribution is 0.0943. The van der Waals surface area contributed by atoms with Crippen LogP contribution in [0.25, 0.3) is 0 Å². The maximum atomic E-state index is 11.7. The van der Waals surface area contributed by atoms with Gasteiger partial charge in [-0.3, -0.25) is 9.69 Å². The highest BCUT2D eigenvalue weighted by Crippen LogP contribution is 2.17. The van der Waals surface area contributed by atoms with Crippen LogP contribution in [-0.2, 0) is 0 Å². The predicted octanol–water partition coefficient (Wildman–Crippen LogP) is 1.35. The standard InChI is InChI=1S/C13H17N3O2/c1-9(2)15-12(17)10-3-5-11(6-4-10)16-8-7-14-13(16)18/h3-6,9H,7-8H2,1-2H3,(H,14,18)(H,15,17). The van der Waals surface area contributed by atoms with Gasteiger partial charge in [0, 0.05) is 30.4 Å². The lowest BCUT2D eigenvalue weighted by atomic mass is 10.1. The van der Waals surface area contributed by atoms with Gasteiger partial charge in [-0.2, -0.15) is 0 Å². The van der Waals surface area contributed by atoms with Crippen LogP contribution < -0.4 is 15.5 Å². The van der Waals surface area contributed by atoms with Crippen molar-refractivity contribution in [1.82, 2.24) is 10.6 Å². The van der Waals surface area contributed by atoms with E-state index in [0.717, 1.165) is 5.69 Å². The first-order chi connectivity index (χ1) is 8.58. The van der Waals surface area contributed by atoms with Crippen molar-refractivity contribution in [3.05, 3.63) is 29.8 Å². The van der Waals surface area contributed by atoms with Gasteiger partial charge >= 0.3 is 6.03 Å².